The number of rotatable bonds is 3. The van der Waals surface area contributed by atoms with E-state index >= 15 is 0 Å². The minimum atomic E-state index is -0.428. The second-order valence-corrected chi connectivity index (χ2v) is 6.62. The Labute approximate surface area is 125 Å². The van der Waals surface area contributed by atoms with Crippen molar-refractivity contribution in [1.82, 2.24) is 10.3 Å². The summed E-state index contributed by atoms with van der Waals surface area (Å²) >= 11 is 3.08. The van der Waals surface area contributed by atoms with E-state index in [-0.39, 0.29) is 11.9 Å². The lowest BCUT2D eigenvalue weighted by Crippen LogP contribution is -2.45. The van der Waals surface area contributed by atoms with E-state index in [1.165, 1.54) is 11.3 Å². The van der Waals surface area contributed by atoms with Crippen molar-refractivity contribution in [2.24, 2.45) is 0 Å². The van der Waals surface area contributed by atoms with Gasteiger partial charge in [0.2, 0.25) is 0 Å². The molecule has 0 bridgehead atoms. The molecule has 6 heteroatoms. The Morgan fingerprint density at radius 3 is 2.95 bits per heavy atom. The van der Waals surface area contributed by atoms with Gasteiger partial charge in [-0.2, -0.15) is 11.3 Å². The van der Waals surface area contributed by atoms with Gasteiger partial charge < -0.3 is 10.4 Å². The third-order valence-electron chi connectivity index (χ3n) is 3.55. The highest BCUT2D eigenvalue weighted by Crippen LogP contribution is 2.26. The Morgan fingerprint density at radius 1 is 1.35 bits per heavy atom. The van der Waals surface area contributed by atoms with Crippen molar-refractivity contribution in [2.45, 2.75) is 37.8 Å². The van der Waals surface area contributed by atoms with Crippen LogP contribution in [0.3, 0.4) is 0 Å². The summed E-state index contributed by atoms with van der Waals surface area (Å²) < 4.78 is 0. The van der Waals surface area contributed by atoms with E-state index in [2.05, 4.69) is 10.3 Å². The lowest BCUT2D eigenvalue weighted by atomic mass is 9.92. The molecule has 106 valence electrons. The predicted molar refractivity (Wildman–Crippen MR) is 81.2 cm³/mol. The third-order valence-corrected chi connectivity index (χ3v) is 5.13. The molecule has 4 nitrogen and oxygen atoms in total. The molecule has 0 spiro atoms. The van der Waals surface area contributed by atoms with E-state index in [0.717, 1.165) is 36.3 Å². The van der Waals surface area contributed by atoms with E-state index in [1.54, 1.807) is 16.7 Å². The molecule has 0 radical (unpaired) electrons. The van der Waals surface area contributed by atoms with Crippen LogP contribution in [0.4, 0.5) is 0 Å². The number of hydrogen-bond donors (Lipinski definition) is 2. The van der Waals surface area contributed by atoms with Crippen molar-refractivity contribution in [3.05, 3.63) is 27.9 Å². The minimum Gasteiger partial charge on any atom is -0.391 e. The molecule has 1 saturated carbocycles. The first-order valence-electron chi connectivity index (χ1n) is 6.71. The maximum absolute atomic E-state index is 12.2. The second-order valence-electron chi connectivity index (χ2n) is 4.98. The molecule has 0 saturated heterocycles. The highest BCUT2D eigenvalue weighted by Gasteiger charge is 2.25. The molecule has 1 amide bonds. The van der Waals surface area contributed by atoms with Gasteiger partial charge in [0.1, 0.15) is 10.7 Å². The Bertz CT molecular complexity index is 580. The highest BCUT2D eigenvalue weighted by molar-refractivity contribution is 7.14. The monoisotopic (exact) mass is 308 g/mol. The fourth-order valence-electron chi connectivity index (χ4n) is 2.42. The molecule has 1 aliphatic rings. The standard InChI is InChI=1S/C14H16N2O2S2/c17-12-4-2-1-3-10(12)15-13(18)11-8-20-14(16-11)9-5-6-19-7-9/h5-8,10,12,17H,1-4H2,(H,15,18)/t10-,12-/m1/s1. The van der Waals surface area contributed by atoms with E-state index in [4.69, 9.17) is 0 Å². The number of amides is 1. The number of thiophene rings is 1. The Balaban J connectivity index is 1.68. The maximum atomic E-state index is 12.2. The molecule has 2 atom stereocenters. The van der Waals surface area contributed by atoms with Gasteiger partial charge in [0.25, 0.3) is 5.91 Å². The van der Waals surface area contributed by atoms with Crippen molar-refractivity contribution in [3.63, 3.8) is 0 Å². The van der Waals surface area contributed by atoms with Gasteiger partial charge in [-0.15, -0.1) is 11.3 Å². The lowest BCUT2D eigenvalue weighted by molar-refractivity contribution is 0.0714. The molecule has 0 aliphatic heterocycles. The summed E-state index contributed by atoms with van der Waals surface area (Å²) in [6, 6.07) is 1.86. The molecule has 0 unspecified atom stereocenters. The average Bonchev–Trinajstić information content (AvgIpc) is 3.11. The Hall–Kier alpha value is -1.24. The molecule has 2 heterocycles. The van der Waals surface area contributed by atoms with Crippen LogP contribution in [0.15, 0.2) is 22.2 Å². The minimum absolute atomic E-state index is 0.137. The van der Waals surface area contributed by atoms with Crippen LogP contribution < -0.4 is 5.32 Å². The average molecular weight is 308 g/mol. The first kappa shape index (κ1) is 13.7. The largest absolute Gasteiger partial charge is 0.391 e. The molecule has 2 aromatic heterocycles. The molecule has 1 aliphatic carbocycles. The SMILES string of the molecule is O=C(N[C@@H]1CCCC[C@H]1O)c1csc(-c2ccsc2)n1. The zero-order valence-corrected chi connectivity index (χ0v) is 12.5. The van der Waals surface area contributed by atoms with E-state index < -0.39 is 6.10 Å². The van der Waals surface area contributed by atoms with Gasteiger partial charge in [0.15, 0.2) is 0 Å². The molecule has 2 aromatic rings. The van der Waals surface area contributed by atoms with Crippen LogP contribution in [-0.2, 0) is 0 Å². The van der Waals surface area contributed by atoms with Gasteiger partial charge in [0, 0.05) is 16.3 Å². The van der Waals surface area contributed by atoms with E-state index in [1.807, 2.05) is 16.8 Å². The number of hydrogen-bond acceptors (Lipinski definition) is 5. The number of nitrogens with zero attached hydrogens (tertiary/aromatic N) is 1. The summed E-state index contributed by atoms with van der Waals surface area (Å²) in [7, 11) is 0. The molecule has 3 rings (SSSR count). The van der Waals surface area contributed by atoms with Gasteiger partial charge in [0.05, 0.1) is 12.1 Å². The lowest BCUT2D eigenvalue weighted by Gasteiger charge is -2.27. The van der Waals surface area contributed by atoms with Crippen LogP contribution in [0.1, 0.15) is 36.2 Å². The topological polar surface area (TPSA) is 62.2 Å². The van der Waals surface area contributed by atoms with Gasteiger partial charge >= 0.3 is 0 Å². The first-order chi connectivity index (χ1) is 9.74. The quantitative estimate of drug-likeness (QED) is 0.916. The number of nitrogens with one attached hydrogen (secondary N) is 1. The number of thiazole rings is 1. The van der Waals surface area contributed by atoms with Gasteiger partial charge in [-0.25, -0.2) is 4.98 Å². The Kier molecular flexibility index (Phi) is 4.14. The zero-order valence-electron chi connectivity index (χ0n) is 10.9. The summed E-state index contributed by atoms with van der Waals surface area (Å²) in [6.45, 7) is 0. The van der Waals surface area contributed by atoms with E-state index in [9.17, 15) is 9.90 Å². The number of aliphatic hydroxyl groups is 1. The number of carbonyl (C=O) groups is 1. The van der Waals surface area contributed by atoms with Crippen molar-refractivity contribution in [1.29, 1.82) is 0 Å². The fraction of sp³-hybridized carbons (Fsp3) is 0.429. The normalized spacial score (nSPS) is 22.6. The molecular weight excluding hydrogens is 292 g/mol. The van der Waals surface area contributed by atoms with Gasteiger partial charge in [-0.3, -0.25) is 4.79 Å². The van der Waals surface area contributed by atoms with Crippen molar-refractivity contribution >= 4 is 28.6 Å². The van der Waals surface area contributed by atoms with Crippen LogP contribution in [0.5, 0.6) is 0 Å². The second kappa shape index (κ2) is 6.03. The van der Waals surface area contributed by atoms with Crippen LogP contribution in [-0.4, -0.2) is 28.1 Å². The van der Waals surface area contributed by atoms with Gasteiger partial charge in [-0.05, 0) is 24.3 Å². The summed E-state index contributed by atoms with van der Waals surface area (Å²) in [6.07, 6.45) is 3.27. The number of carbonyl (C=O) groups excluding carboxylic acids is 1. The van der Waals surface area contributed by atoms with Crippen LogP contribution >= 0.6 is 22.7 Å². The van der Waals surface area contributed by atoms with Crippen LogP contribution in [0.2, 0.25) is 0 Å². The van der Waals surface area contributed by atoms with Crippen LogP contribution in [0, 0.1) is 0 Å². The van der Waals surface area contributed by atoms with E-state index in [0.29, 0.717) is 5.69 Å². The fourth-order valence-corrected chi connectivity index (χ4v) is 3.93. The Morgan fingerprint density at radius 2 is 2.20 bits per heavy atom. The first-order valence-corrected chi connectivity index (χ1v) is 8.53. The highest BCUT2D eigenvalue weighted by atomic mass is 32.1. The third kappa shape index (κ3) is 2.92. The summed E-state index contributed by atoms with van der Waals surface area (Å²) in [5.41, 5.74) is 1.49. The molecule has 2 N–H and O–H groups in total. The van der Waals surface area contributed by atoms with Crippen molar-refractivity contribution in [3.8, 4) is 10.6 Å². The van der Waals surface area contributed by atoms with Crippen molar-refractivity contribution < 1.29 is 9.90 Å². The predicted octanol–water partition coefficient (Wildman–Crippen LogP) is 2.90. The zero-order chi connectivity index (χ0) is 13.9. The molecule has 0 aromatic carbocycles. The summed E-state index contributed by atoms with van der Waals surface area (Å²) in [4.78, 5) is 16.5. The number of aliphatic hydroxyl groups excluding tert-OH is 1. The van der Waals surface area contributed by atoms with Crippen molar-refractivity contribution in [2.75, 3.05) is 0 Å². The van der Waals surface area contributed by atoms with Crippen LogP contribution in [0.25, 0.3) is 10.6 Å². The molecular formula is C14H16N2O2S2. The van der Waals surface area contributed by atoms with Gasteiger partial charge in [-0.1, -0.05) is 12.8 Å². The summed E-state index contributed by atoms with van der Waals surface area (Å²) in [5.74, 6) is -0.186. The smallest absolute Gasteiger partial charge is 0.271 e. The molecule has 1 fully saturated rings. The summed E-state index contributed by atoms with van der Waals surface area (Å²) in [5, 5.41) is 19.4. The maximum Gasteiger partial charge on any atom is 0.271 e. The number of aromatic nitrogens is 1. The molecule has 20 heavy (non-hydrogen) atoms.